The molecule has 0 aromatic rings. The van der Waals surface area contributed by atoms with Crippen molar-refractivity contribution in [1.29, 1.82) is 0 Å². The molecule has 4 nitrogen and oxygen atoms in total. The van der Waals surface area contributed by atoms with Crippen LogP contribution in [0.3, 0.4) is 0 Å². The third-order valence-electron chi connectivity index (χ3n) is 3.32. The molecule has 0 amide bonds. The van der Waals surface area contributed by atoms with E-state index in [-0.39, 0.29) is 12.5 Å². The maximum atomic E-state index is 10.3. The summed E-state index contributed by atoms with van der Waals surface area (Å²) in [5, 5.41) is 17.4. The summed E-state index contributed by atoms with van der Waals surface area (Å²) < 4.78 is 0. The molecule has 0 saturated heterocycles. The van der Waals surface area contributed by atoms with Gasteiger partial charge in [0.2, 0.25) is 0 Å². The second-order valence-electron chi connectivity index (χ2n) is 5.63. The summed E-state index contributed by atoms with van der Waals surface area (Å²) in [6, 6.07) is 0. The molecule has 144 valence electrons. The topological polar surface area (TPSA) is 66.8 Å². The number of aliphatic carboxylic acids is 1. The fourth-order valence-electron chi connectivity index (χ4n) is 1.94. The molecule has 0 aliphatic rings. The minimum Gasteiger partial charge on any atom is -0.481 e. The van der Waals surface area contributed by atoms with E-state index in [0.717, 1.165) is 25.7 Å². The van der Waals surface area contributed by atoms with Gasteiger partial charge >= 0.3 is 5.97 Å². The molecule has 2 N–H and O–H groups in total. The van der Waals surface area contributed by atoms with Gasteiger partial charge in [0, 0.05) is 6.42 Å². The Morgan fingerprint density at radius 2 is 1.50 bits per heavy atom. The Morgan fingerprint density at radius 1 is 0.885 bits per heavy atom. The van der Waals surface area contributed by atoms with Crippen LogP contribution in [-0.4, -0.2) is 22.4 Å². The van der Waals surface area contributed by atoms with Crippen molar-refractivity contribution in [2.24, 2.45) is 0 Å². The van der Waals surface area contributed by atoms with Gasteiger partial charge in [0.15, 0.2) is 0 Å². The maximum Gasteiger partial charge on any atom is 0.303 e. The molecule has 0 radical (unpaired) electrons. The van der Waals surface area contributed by atoms with Gasteiger partial charge in [-0.3, -0.25) is 10.1 Å². The second-order valence-corrected chi connectivity index (χ2v) is 5.63. The van der Waals surface area contributed by atoms with Crippen LogP contribution in [0.5, 0.6) is 0 Å². The van der Waals surface area contributed by atoms with Gasteiger partial charge in [-0.1, -0.05) is 79.8 Å². The normalized spacial score (nSPS) is 14.2. The summed E-state index contributed by atoms with van der Waals surface area (Å²) in [4.78, 5) is 14.8. The average Bonchev–Trinajstić information content (AvgIpc) is 2.63. The van der Waals surface area contributed by atoms with Crippen LogP contribution in [0.15, 0.2) is 72.9 Å². The lowest BCUT2D eigenvalue weighted by Crippen LogP contribution is -2.04. The van der Waals surface area contributed by atoms with Crippen molar-refractivity contribution in [3.05, 3.63) is 72.9 Å². The van der Waals surface area contributed by atoms with Crippen molar-refractivity contribution in [2.75, 3.05) is 0 Å². The number of hydrogen-bond acceptors (Lipinski definition) is 3. The first-order chi connectivity index (χ1) is 12.7. The smallest absolute Gasteiger partial charge is 0.303 e. The Morgan fingerprint density at radius 3 is 2.15 bits per heavy atom. The summed E-state index contributed by atoms with van der Waals surface area (Å²) in [7, 11) is 0. The monoisotopic (exact) mass is 360 g/mol. The highest BCUT2D eigenvalue weighted by molar-refractivity contribution is 5.66. The van der Waals surface area contributed by atoms with Crippen LogP contribution in [0.25, 0.3) is 0 Å². The van der Waals surface area contributed by atoms with Crippen molar-refractivity contribution < 1.29 is 20.0 Å². The number of carboxylic acid groups (broad SMARTS) is 1. The fraction of sp³-hybridized carbons (Fsp3) is 0.409. The van der Waals surface area contributed by atoms with Crippen molar-refractivity contribution in [2.45, 2.75) is 58.0 Å². The summed E-state index contributed by atoms with van der Waals surface area (Å²) in [5.41, 5.74) is 0. The molecule has 0 aliphatic heterocycles. The molecular weight excluding hydrogens is 328 g/mol. The third kappa shape index (κ3) is 18.2. The number of carboxylic acids is 1. The summed E-state index contributed by atoms with van der Waals surface area (Å²) >= 11 is 0. The van der Waals surface area contributed by atoms with E-state index < -0.39 is 5.97 Å². The highest BCUT2D eigenvalue weighted by Gasteiger charge is 1.99. The van der Waals surface area contributed by atoms with Crippen LogP contribution >= 0.6 is 0 Å². The van der Waals surface area contributed by atoms with E-state index in [1.807, 2.05) is 36.5 Å². The molecule has 0 bridgehead atoms. The number of allylic oxidation sites excluding steroid dienone is 10. The Kier molecular flexibility index (Phi) is 17.6. The SMILES string of the molecule is CC/C=C\C/C=C\C/C=C\C[C@@H](/C=C/C=C\C/C=C\CCC(=O)O)OO. The van der Waals surface area contributed by atoms with E-state index in [1.165, 1.54) is 0 Å². The van der Waals surface area contributed by atoms with Gasteiger partial charge in [0.05, 0.1) is 0 Å². The van der Waals surface area contributed by atoms with E-state index in [1.54, 1.807) is 6.08 Å². The average molecular weight is 360 g/mol. The molecule has 1 atom stereocenters. The van der Waals surface area contributed by atoms with Crippen molar-refractivity contribution in [3.8, 4) is 0 Å². The van der Waals surface area contributed by atoms with E-state index in [4.69, 9.17) is 10.4 Å². The van der Waals surface area contributed by atoms with Crippen molar-refractivity contribution in [1.82, 2.24) is 0 Å². The van der Waals surface area contributed by atoms with Crippen LogP contribution < -0.4 is 0 Å². The number of carbonyl (C=O) groups is 1. The summed E-state index contributed by atoms with van der Waals surface area (Å²) in [6.07, 6.45) is 28.5. The first-order valence-corrected chi connectivity index (χ1v) is 9.16. The molecule has 0 heterocycles. The molecule has 26 heavy (non-hydrogen) atoms. The summed E-state index contributed by atoms with van der Waals surface area (Å²) in [6.45, 7) is 2.12. The zero-order chi connectivity index (χ0) is 19.3. The maximum absolute atomic E-state index is 10.3. The molecule has 0 aromatic carbocycles. The predicted molar refractivity (Wildman–Crippen MR) is 108 cm³/mol. The van der Waals surface area contributed by atoms with E-state index in [2.05, 4.69) is 42.2 Å². The molecule has 0 fully saturated rings. The predicted octanol–water partition coefficient (Wildman–Crippen LogP) is 6.02. The van der Waals surface area contributed by atoms with Gasteiger partial charge in [-0.2, -0.15) is 0 Å². The Balaban J connectivity index is 3.90. The van der Waals surface area contributed by atoms with Crippen molar-refractivity contribution >= 4 is 5.97 Å². The lowest BCUT2D eigenvalue weighted by atomic mass is 10.2. The molecule has 4 heteroatoms. The zero-order valence-corrected chi connectivity index (χ0v) is 15.7. The number of hydrogen-bond donors (Lipinski definition) is 2. The van der Waals surface area contributed by atoms with Gasteiger partial charge in [-0.15, -0.1) is 0 Å². The minimum atomic E-state index is -0.780. The molecular formula is C22H32O4. The van der Waals surface area contributed by atoms with Crippen LogP contribution in [0.4, 0.5) is 0 Å². The highest BCUT2D eigenvalue weighted by atomic mass is 17.1. The zero-order valence-electron chi connectivity index (χ0n) is 15.7. The molecule has 0 aliphatic carbocycles. The first kappa shape index (κ1) is 23.8. The van der Waals surface area contributed by atoms with Gasteiger partial charge in [0.25, 0.3) is 0 Å². The lowest BCUT2D eigenvalue weighted by molar-refractivity contribution is -0.264. The van der Waals surface area contributed by atoms with Crippen LogP contribution in [0.1, 0.15) is 51.9 Å². The second kappa shape index (κ2) is 19.2. The standard InChI is InChI=1S/C22H32O4/c1-2-3-4-5-6-7-9-12-15-18-21(26-25)19-16-13-10-8-11-14-17-20-22(23)24/h3-4,6-7,10-16,19,21,25H,2,5,8-9,17-18,20H2,1H3,(H,23,24)/b4-3-,7-6-,13-10-,14-11-,15-12-,19-16+/t21-/m0/s1. The molecule has 0 saturated carbocycles. The molecule has 0 rings (SSSR count). The molecule has 0 aromatic heterocycles. The van der Waals surface area contributed by atoms with E-state index in [9.17, 15) is 4.79 Å². The Labute approximate surface area is 157 Å². The van der Waals surface area contributed by atoms with Crippen LogP contribution in [-0.2, 0) is 9.68 Å². The minimum absolute atomic E-state index is 0.162. The first-order valence-electron chi connectivity index (χ1n) is 9.16. The Bertz CT molecular complexity index is 510. The molecule has 0 spiro atoms. The van der Waals surface area contributed by atoms with Gasteiger partial charge < -0.3 is 5.11 Å². The van der Waals surface area contributed by atoms with E-state index >= 15 is 0 Å². The quantitative estimate of drug-likeness (QED) is 0.162. The van der Waals surface area contributed by atoms with E-state index in [0.29, 0.717) is 12.8 Å². The largest absolute Gasteiger partial charge is 0.481 e. The molecule has 0 unspecified atom stereocenters. The van der Waals surface area contributed by atoms with Crippen LogP contribution in [0.2, 0.25) is 0 Å². The van der Waals surface area contributed by atoms with Gasteiger partial charge in [-0.05, 0) is 38.5 Å². The number of rotatable bonds is 15. The Hall–Kier alpha value is -2.17. The van der Waals surface area contributed by atoms with Crippen LogP contribution in [0, 0.1) is 0 Å². The van der Waals surface area contributed by atoms with Gasteiger partial charge in [-0.25, -0.2) is 4.89 Å². The lowest BCUT2D eigenvalue weighted by Gasteiger charge is -2.03. The fourth-order valence-corrected chi connectivity index (χ4v) is 1.94. The third-order valence-corrected chi connectivity index (χ3v) is 3.32. The van der Waals surface area contributed by atoms with Crippen molar-refractivity contribution in [3.63, 3.8) is 0 Å². The highest BCUT2D eigenvalue weighted by Crippen LogP contribution is 2.02. The van der Waals surface area contributed by atoms with Gasteiger partial charge in [0.1, 0.15) is 6.10 Å². The summed E-state index contributed by atoms with van der Waals surface area (Å²) in [5.74, 6) is -0.780.